The van der Waals surface area contributed by atoms with Crippen molar-refractivity contribution in [2.75, 3.05) is 0 Å². The number of ether oxygens (including phenoxy) is 1. The maximum absolute atomic E-state index is 12.8. The van der Waals surface area contributed by atoms with Crippen LogP contribution < -0.4 is 10.1 Å². The van der Waals surface area contributed by atoms with Gasteiger partial charge in [-0.1, -0.05) is 17.7 Å². The first kappa shape index (κ1) is 21.3. The first-order valence-electron chi connectivity index (χ1n) is 10.6. The van der Waals surface area contributed by atoms with Crippen molar-refractivity contribution in [3.05, 3.63) is 58.6 Å². The Morgan fingerprint density at radius 2 is 2.19 bits per heavy atom. The minimum absolute atomic E-state index is 0.000624. The van der Waals surface area contributed by atoms with Crippen molar-refractivity contribution in [2.45, 2.75) is 58.7 Å². The lowest BCUT2D eigenvalue weighted by atomic mass is 10.1. The van der Waals surface area contributed by atoms with Crippen molar-refractivity contribution >= 4 is 17.5 Å². The molecule has 162 valence electrons. The number of carbonyl (C=O) groups is 1. The Morgan fingerprint density at radius 1 is 1.35 bits per heavy atom. The number of aryl methyl sites for hydroxylation is 2. The average molecular weight is 440 g/mol. The molecule has 0 fully saturated rings. The zero-order valence-electron chi connectivity index (χ0n) is 17.9. The number of hydrogen-bond acceptors (Lipinski definition) is 5. The molecule has 31 heavy (non-hydrogen) atoms. The number of fused-ring (bicyclic) bond motifs is 1. The van der Waals surface area contributed by atoms with Gasteiger partial charge in [-0.05, 0) is 63.4 Å². The fraction of sp³-hybridized carbons (Fsp3) is 0.391. The van der Waals surface area contributed by atoms with Gasteiger partial charge in [-0.25, -0.2) is 9.67 Å². The van der Waals surface area contributed by atoms with E-state index in [-0.39, 0.29) is 24.5 Å². The quantitative estimate of drug-likeness (QED) is 0.598. The SMILES string of the molecule is CCn1nc(-c2ccc(Cl)c(OC(C)C)c2)nc1CC(=O)N[C@H]1CCc2ncccc21. The van der Waals surface area contributed by atoms with Crippen LogP contribution in [0.15, 0.2) is 36.5 Å². The fourth-order valence-electron chi connectivity index (χ4n) is 3.82. The minimum Gasteiger partial charge on any atom is -0.489 e. The first-order chi connectivity index (χ1) is 14.9. The van der Waals surface area contributed by atoms with Gasteiger partial charge in [0.15, 0.2) is 5.82 Å². The summed E-state index contributed by atoms with van der Waals surface area (Å²) in [6.07, 6.45) is 3.71. The maximum atomic E-state index is 12.8. The highest BCUT2D eigenvalue weighted by Crippen LogP contribution is 2.31. The Hall–Kier alpha value is -2.93. The van der Waals surface area contributed by atoms with Crippen LogP contribution in [0.5, 0.6) is 5.75 Å². The summed E-state index contributed by atoms with van der Waals surface area (Å²) >= 11 is 6.25. The monoisotopic (exact) mass is 439 g/mol. The third-order valence-corrected chi connectivity index (χ3v) is 5.54. The van der Waals surface area contributed by atoms with Gasteiger partial charge in [0.2, 0.25) is 5.91 Å². The van der Waals surface area contributed by atoms with E-state index in [0.29, 0.717) is 29.0 Å². The van der Waals surface area contributed by atoms with Gasteiger partial charge in [-0.3, -0.25) is 9.78 Å². The first-order valence-corrected chi connectivity index (χ1v) is 11.0. The maximum Gasteiger partial charge on any atom is 0.228 e. The molecule has 1 aromatic carbocycles. The molecule has 0 saturated carbocycles. The third kappa shape index (κ3) is 4.71. The normalized spacial score (nSPS) is 15.2. The van der Waals surface area contributed by atoms with Crippen LogP contribution in [-0.4, -0.2) is 31.8 Å². The van der Waals surface area contributed by atoms with Crippen molar-refractivity contribution in [1.82, 2.24) is 25.1 Å². The summed E-state index contributed by atoms with van der Waals surface area (Å²) in [6.45, 7) is 6.49. The molecular formula is C23H26ClN5O2. The Morgan fingerprint density at radius 3 is 2.97 bits per heavy atom. The summed E-state index contributed by atoms with van der Waals surface area (Å²) in [5.74, 6) is 1.69. The van der Waals surface area contributed by atoms with Crippen LogP contribution in [0.25, 0.3) is 11.4 Å². The molecule has 7 nitrogen and oxygen atoms in total. The summed E-state index contributed by atoms with van der Waals surface area (Å²) in [5.41, 5.74) is 2.96. The van der Waals surface area contributed by atoms with Crippen molar-refractivity contribution in [1.29, 1.82) is 0 Å². The topological polar surface area (TPSA) is 81.9 Å². The smallest absolute Gasteiger partial charge is 0.228 e. The molecule has 2 heterocycles. The number of rotatable bonds is 7. The third-order valence-electron chi connectivity index (χ3n) is 5.22. The van der Waals surface area contributed by atoms with E-state index in [4.69, 9.17) is 16.3 Å². The molecule has 0 radical (unpaired) electrons. The highest BCUT2D eigenvalue weighted by molar-refractivity contribution is 6.32. The van der Waals surface area contributed by atoms with E-state index < -0.39 is 0 Å². The second-order valence-corrected chi connectivity index (χ2v) is 8.26. The lowest BCUT2D eigenvalue weighted by Gasteiger charge is -2.13. The van der Waals surface area contributed by atoms with Crippen LogP contribution in [0, 0.1) is 0 Å². The highest BCUT2D eigenvalue weighted by atomic mass is 35.5. The number of aromatic nitrogens is 4. The molecule has 1 aliphatic rings. The number of nitrogens with one attached hydrogen (secondary N) is 1. The predicted molar refractivity (Wildman–Crippen MR) is 119 cm³/mol. The summed E-state index contributed by atoms with van der Waals surface area (Å²) in [4.78, 5) is 21.8. The van der Waals surface area contributed by atoms with Crippen LogP contribution in [0.4, 0.5) is 0 Å². The molecule has 2 aromatic heterocycles. The number of halogens is 1. The number of hydrogen-bond donors (Lipinski definition) is 1. The van der Waals surface area contributed by atoms with E-state index in [9.17, 15) is 4.79 Å². The molecule has 1 amide bonds. The second kappa shape index (κ2) is 9.06. The Kier molecular flexibility index (Phi) is 6.23. The Bertz CT molecular complexity index is 1100. The summed E-state index contributed by atoms with van der Waals surface area (Å²) in [5, 5.41) is 8.25. The molecule has 0 unspecified atom stereocenters. The Labute approximate surface area is 186 Å². The molecule has 1 atom stereocenters. The van der Waals surface area contributed by atoms with Crippen molar-refractivity contribution in [2.24, 2.45) is 0 Å². The second-order valence-electron chi connectivity index (χ2n) is 7.85. The van der Waals surface area contributed by atoms with E-state index in [1.54, 1.807) is 16.9 Å². The van der Waals surface area contributed by atoms with Gasteiger partial charge >= 0.3 is 0 Å². The molecular weight excluding hydrogens is 414 g/mol. The van der Waals surface area contributed by atoms with E-state index in [0.717, 1.165) is 29.7 Å². The molecule has 1 aliphatic carbocycles. The lowest BCUT2D eigenvalue weighted by Crippen LogP contribution is -2.29. The summed E-state index contributed by atoms with van der Waals surface area (Å²) < 4.78 is 7.54. The van der Waals surface area contributed by atoms with Crippen LogP contribution >= 0.6 is 11.6 Å². The van der Waals surface area contributed by atoms with Crippen molar-refractivity contribution in [3.63, 3.8) is 0 Å². The standard InChI is InChI=1S/C23H26ClN5O2/c1-4-29-21(13-22(30)26-19-10-9-18-16(19)6-5-11-25-18)27-23(28-29)15-7-8-17(24)20(12-15)31-14(2)3/h5-8,11-12,14,19H,4,9-10,13H2,1-3H3,(H,26,30)/t19-/m0/s1. The zero-order valence-corrected chi connectivity index (χ0v) is 18.7. The summed E-state index contributed by atoms with van der Waals surface area (Å²) in [7, 11) is 0. The van der Waals surface area contributed by atoms with Gasteiger partial charge in [0.1, 0.15) is 11.6 Å². The van der Waals surface area contributed by atoms with Gasteiger partial charge < -0.3 is 10.1 Å². The minimum atomic E-state index is -0.0738. The number of nitrogens with zero attached hydrogens (tertiary/aromatic N) is 4. The van der Waals surface area contributed by atoms with E-state index in [2.05, 4.69) is 20.4 Å². The van der Waals surface area contributed by atoms with Crippen molar-refractivity contribution in [3.8, 4) is 17.1 Å². The molecule has 0 saturated heterocycles. The van der Waals surface area contributed by atoms with Crippen molar-refractivity contribution < 1.29 is 9.53 Å². The van der Waals surface area contributed by atoms with Gasteiger partial charge in [-0.15, -0.1) is 0 Å². The van der Waals surface area contributed by atoms with Gasteiger partial charge in [-0.2, -0.15) is 5.10 Å². The van der Waals surface area contributed by atoms with Gasteiger partial charge in [0.05, 0.1) is 23.6 Å². The fourth-order valence-corrected chi connectivity index (χ4v) is 3.98. The zero-order chi connectivity index (χ0) is 22.0. The molecule has 1 N–H and O–H groups in total. The summed E-state index contributed by atoms with van der Waals surface area (Å²) in [6, 6.07) is 9.41. The van der Waals surface area contributed by atoms with Crippen LogP contribution in [0.1, 0.15) is 50.3 Å². The largest absolute Gasteiger partial charge is 0.489 e. The van der Waals surface area contributed by atoms with E-state index >= 15 is 0 Å². The number of amides is 1. The highest BCUT2D eigenvalue weighted by Gasteiger charge is 2.25. The van der Waals surface area contributed by atoms with Gasteiger partial charge in [0.25, 0.3) is 0 Å². The number of carbonyl (C=O) groups excluding carboxylic acids is 1. The Balaban J connectivity index is 1.51. The van der Waals surface area contributed by atoms with Crippen LogP contribution in [0.2, 0.25) is 5.02 Å². The molecule has 0 spiro atoms. The number of benzene rings is 1. The predicted octanol–water partition coefficient (Wildman–Crippen LogP) is 4.15. The molecule has 3 aromatic rings. The van der Waals surface area contributed by atoms with Crippen LogP contribution in [-0.2, 0) is 24.2 Å². The van der Waals surface area contributed by atoms with E-state index in [1.807, 2.05) is 45.0 Å². The molecule has 4 rings (SSSR count). The van der Waals surface area contributed by atoms with E-state index in [1.165, 1.54) is 0 Å². The number of pyridine rings is 1. The molecule has 0 bridgehead atoms. The average Bonchev–Trinajstić information content (AvgIpc) is 3.33. The van der Waals surface area contributed by atoms with Crippen LogP contribution in [0.3, 0.4) is 0 Å². The van der Waals surface area contributed by atoms with Gasteiger partial charge in [0, 0.05) is 24.0 Å². The molecule has 8 heteroatoms. The lowest BCUT2D eigenvalue weighted by molar-refractivity contribution is -0.121. The molecule has 0 aliphatic heterocycles.